The van der Waals surface area contributed by atoms with Crippen LogP contribution in [0.2, 0.25) is 0 Å². The van der Waals surface area contributed by atoms with Gasteiger partial charge in [-0.1, -0.05) is 6.92 Å². The predicted octanol–water partition coefficient (Wildman–Crippen LogP) is 3.94. The second-order valence-electron chi connectivity index (χ2n) is 5.79. The highest BCUT2D eigenvalue weighted by atomic mass is 19.4. The molecule has 0 aliphatic heterocycles. The van der Waals surface area contributed by atoms with Gasteiger partial charge in [0.1, 0.15) is 6.67 Å². The van der Waals surface area contributed by atoms with Crippen LogP contribution in [0, 0.1) is 5.41 Å². The van der Waals surface area contributed by atoms with Crippen LogP contribution in [0.15, 0.2) is 0 Å². The van der Waals surface area contributed by atoms with E-state index in [-0.39, 0.29) is 6.42 Å². The number of carbonyl (C=O) groups excluding carboxylic acids is 1. The molecule has 23 heavy (non-hydrogen) atoms. The molecule has 2 atom stereocenters. The molecule has 3 nitrogen and oxygen atoms in total. The van der Waals surface area contributed by atoms with E-state index >= 15 is 0 Å². The zero-order valence-corrected chi connectivity index (χ0v) is 12.8. The summed E-state index contributed by atoms with van der Waals surface area (Å²) in [7, 11) is 0. The van der Waals surface area contributed by atoms with Crippen molar-refractivity contribution in [1.82, 2.24) is 0 Å². The maximum Gasteiger partial charge on any atom is 0.425 e. The van der Waals surface area contributed by atoms with E-state index in [1.807, 2.05) is 0 Å². The number of hydrogen-bond donors (Lipinski definition) is 1. The van der Waals surface area contributed by atoms with Gasteiger partial charge in [-0.15, -0.1) is 0 Å². The lowest BCUT2D eigenvalue weighted by atomic mass is 9.90. The fourth-order valence-electron chi connectivity index (χ4n) is 1.36. The number of hydrogen-bond acceptors (Lipinski definition) is 3. The van der Waals surface area contributed by atoms with Crippen molar-refractivity contribution in [3.05, 3.63) is 0 Å². The van der Waals surface area contributed by atoms with E-state index in [0.29, 0.717) is 0 Å². The molecule has 0 fully saturated rings. The van der Waals surface area contributed by atoms with Crippen molar-refractivity contribution in [2.45, 2.75) is 64.1 Å². The lowest BCUT2D eigenvalue weighted by Gasteiger charge is -2.35. The molecular weight excluding hydrogens is 337 g/mol. The second kappa shape index (κ2) is 7.23. The Morgan fingerprint density at radius 1 is 1.17 bits per heavy atom. The highest BCUT2D eigenvalue weighted by Crippen LogP contribution is 2.45. The number of ether oxygens (including phenoxy) is 1. The van der Waals surface area contributed by atoms with Crippen LogP contribution in [0.5, 0.6) is 0 Å². The highest BCUT2D eigenvalue weighted by molar-refractivity contribution is 5.75. The summed E-state index contributed by atoms with van der Waals surface area (Å²) < 4.78 is 94.0. The average molecular weight is 356 g/mol. The van der Waals surface area contributed by atoms with Crippen LogP contribution in [0.3, 0.4) is 0 Å². The van der Waals surface area contributed by atoms with E-state index in [1.165, 1.54) is 13.8 Å². The molecule has 0 amide bonds. The minimum absolute atomic E-state index is 0.254. The zero-order chi connectivity index (χ0) is 18.7. The van der Waals surface area contributed by atoms with Crippen molar-refractivity contribution < 1.29 is 45.4 Å². The van der Waals surface area contributed by atoms with Crippen molar-refractivity contribution in [1.29, 1.82) is 0 Å². The molecule has 0 aliphatic rings. The molecule has 0 radical (unpaired) electrons. The molecule has 0 rings (SSSR count). The Hall–Kier alpha value is -1.06. The van der Waals surface area contributed by atoms with Gasteiger partial charge in [0.05, 0.1) is 5.41 Å². The number of rotatable bonds is 8. The first-order valence-electron chi connectivity index (χ1n) is 6.72. The Morgan fingerprint density at radius 3 is 2.00 bits per heavy atom. The Labute approximate surface area is 128 Å². The SMILES string of the molecule is CCC(C)(C)C(=O)OC(F)CCC(F)(F)C(O)(CF)C(F)(F)F. The second-order valence-corrected chi connectivity index (χ2v) is 5.79. The Balaban J connectivity index is 4.86. The highest BCUT2D eigenvalue weighted by Gasteiger charge is 2.69. The van der Waals surface area contributed by atoms with E-state index in [2.05, 4.69) is 4.74 Å². The lowest BCUT2D eigenvalue weighted by Crippen LogP contribution is -2.60. The van der Waals surface area contributed by atoms with Crippen molar-refractivity contribution in [2.75, 3.05) is 6.67 Å². The van der Waals surface area contributed by atoms with Crippen LogP contribution >= 0.6 is 0 Å². The van der Waals surface area contributed by atoms with Crippen molar-refractivity contribution >= 4 is 5.97 Å². The third-order valence-electron chi connectivity index (χ3n) is 3.62. The van der Waals surface area contributed by atoms with Gasteiger partial charge in [0.2, 0.25) is 6.36 Å². The van der Waals surface area contributed by atoms with E-state index in [9.17, 15) is 35.5 Å². The van der Waals surface area contributed by atoms with E-state index in [0.717, 1.165) is 0 Å². The monoisotopic (exact) mass is 356 g/mol. The summed E-state index contributed by atoms with van der Waals surface area (Å²) in [4.78, 5) is 11.5. The van der Waals surface area contributed by atoms with Gasteiger partial charge in [-0.2, -0.15) is 13.2 Å². The maximum atomic E-state index is 13.4. The predicted molar refractivity (Wildman–Crippen MR) is 66.2 cm³/mol. The molecule has 0 saturated heterocycles. The molecule has 0 heterocycles. The minimum Gasteiger partial charge on any atom is -0.431 e. The summed E-state index contributed by atoms with van der Waals surface area (Å²) >= 11 is 0. The quantitative estimate of drug-likeness (QED) is 0.529. The normalized spacial score (nSPS) is 17.5. The number of halogens is 7. The smallest absolute Gasteiger partial charge is 0.425 e. The first-order valence-corrected chi connectivity index (χ1v) is 6.72. The molecule has 2 unspecified atom stereocenters. The number of alkyl halides is 7. The van der Waals surface area contributed by atoms with Crippen LogP contribution in [-0.4, -0.2) is 41.8 Å². The van der Waals surface area contributed by atoms with E-state index in [4.69, 9.17) is 5.11 Å². The van der Waals surface area contributed by atoms with Gasteiger partial charge in [0.15, 0.2) is 0 Å². The molecule has 0 aromatic heterocycles. The molecule has 1 N–H and O–H groups in total. The number of aliphatic hydroxyl groups is 1. The van der Waals surface area contributed by atoms with Crippen LogP contribution in [-0.2, 0) is 9.53 Å². The first kappa shape index (κ1) is 21.9. The number of carbonyl (C=O) groups is 1. The Kier molecular flexibility index (Phi) is 6.89. The van der Waals surface area contributed by atoms with Gasteiger partial charge in [0.25, 0.3) is 11.5 Å². The van der Waals surface area contributed by atoms with Crippen LogP contribution in [0.1, 0.15) is 40.0 Å². The minimum atomic E-state index is -5.95. The molecule has 10 heteroatoms. The first-order chi connectivity index (χ1) is 10.1. The summed E-state index contributed by atoms with van der Waals surface area (Å²) in [5, 5.41) is 8.87. The Bertz CT molecular complexity index is 409. The van der Waals surface area contributed by atoms with Gasteiger partial charge >= 0.3 is 12.1 Å². The van der Waals surface area contributed by atoms with Gasteiger partial charge < -0.3 is 9.84 Å². The van der Waals surface area contributed by atoms with Crippen LogP contribution in [0.25, 0.3) is 0 Å². The maximum absolute atomic E-state index is 13.4. The molecule has 0 aliphatic carbocycles. The van der Waals surface area contributed by atoms with Crippen LogP contribution in [0.4, 0.5) is 30.7 Å². The fraction of sp³-hybridized carbons (Fsp3) is 0.923. The fourth-order valence-corrected chi connectivity index (χ4v) is 1.36. The molecule has 0 saturated carbocycles. The van der Waals surface area contributed by atoms with Gasteiger partial charge in [0, 0.05) is 12.8 Å². The largest absolute Gasteiger partial charge is 0.431 e. The summed E-state index contributed by atoms with van der Waals surface area (Å²) in [6.45, 7) is 1.61. The average Bonchev–Trinajstić information content (AvgIpc) is 2.42. The number of esters is 1. The van der Waals surface area contributed by atoms with Crippen molar-refractivity contribution in [3.8, 4) is 0 Å². The van der Waals surface area contributed by atoms with Gasteiger partial charge in [-0.3, -0.25) is 4.79 Å². The molecule has 0 spiro atoms. The summed E-state index contributed by atoms with van der Waals surface area (Å²) in [5.74, 6) is -6.04. The van der Waals surface area contributed by atoms with Crippen molar-refractivity contribution in [2.24, 2.45) is 5.41 Å². The summed E-state index contributed by atoms with van der Waals surface area (Å²) in [5.41, 5.74) is -6.02. The third-order valence-corrected chi connectivity index (χ3v) is 3.62. The van der Waals surface area contributed by atoms with E-state index in [1.54, 1.807) is 6.92 Å². The standard InChI is InChI=1S/C13H19F7O3/c1-4-10(2,3)9(21)23-8(15)5-6-12(16,17)11(22,7-14)13(18,19)20/h8,22H,4-7H2,1-3H3. The summed E-state index contributed by atoms with van der Waals surface area (Å²) in [6.07, 6.45) is -11.5. The molecule has 0 aromatic carbocycles. The third kappa shape index (κ3) is 4.95. The van der Waals surface area contributed by atoms with E-state index < -0.39 is 55.0 Å². The van der Waals surface area contributed by atoms with Gasteiger partial charge in [-0.05, 0) is 20.3 Å². The molecular formula is C13H19F7O3. The van der Waals surface area contributed by atoms with Gasteiger partial charge in [-0.25, -0.2) is 17.6 Å². The van der Waals surface area contributed by atoms with Crippen molar-refractivity contribution in [3.63, 3.8) is 0 Å². The molecule has 0 aromatic rings. The topological polar surface area (TPSA) is 46.5 Å². The van der Waals surface area contributed by atoms with Crippen LogP contribution < -0.4 is 0 Å². The zero-order valence-electron chi connectivity index (χ0n) is 12.8. The Morgan fingerprint density at radius 2 is 1.65 bits per heavy atom. The lowest BCUT2D eigenvalue weighted by molar-refractivity contribution is -0.337. The molecule has 0 bridgehead atoms. The molecule has 138 valence electrons. The summed E-state index contributed by atoms with van der Waals surface area (Å²) in [6, 6.07) is 0.